The Bertz CT molecular complexity index is 550. The van der Waals surface area contributed by atoms with Crippen LogP contribution in [0.2, 0.25) is 0 Å². The van der Waals surface area contributed by atoms with Crippen LogP contribution in [0.5, 0.6) is 0 Å². The molecule has 0 bridgehead atoms. The lowest BCUT2D eigenvalue weighted by molar-refractivity contribution is 0.0387. The summed E-state index contributed by atoms with van der Waals surface area (Å²) in [6.45, 7) is 7.15. The standard InChI is InChI=1S/C20H24O2/c1-3-19(20(21)18-12-8-5-9-13-18)16(2)14-22-15-17-10-6-4-7-11-17/h3-13,16,19-21H,1,14-15H2,2H3/t16-,19+,20+/m1/s1. The zero-order chi connectivity index (χ0) is 15.8. The second kappa shape index (κ2) is 8.52. The van der Waals surface area contributed by atoms with Gasteiger partial charge in [0.1, 0.15) is 0 Å². The van der Waals surface area contributed by atoms with Crippen LogP contribution in [0.15, 0.2) is 73.3 Å². The molecule has 0 fully saturated rings. The quantitative estimate of drug-likeness (QED) is 0.733. The highest BCUT2D eigenvalue weighted by Crippen LogP contribution is 2.29. The Balaban J connectivity index is 1.89. The van der Waals surface area contributed by atoms with E-state index in [4.69, 9.17) is 4.74 Å². The summed E-state index contributed by atoms with van der Waals surface area (Å²) in [4.78, 5) is 0. The number of hydrogen-bond donors (Lipinski definition) is 1. The molecule has 1 N–H and O–H groups in total. The van der Waals surface area contributed by atoms with E-state index >= 15 is 0 Å². The summed E-state index contributed by atoms with van der Waals surface area (Å²) in [5.74, 6) is 0.162. The molecule has 0 unspecified atom stereocenters. The van der Waals surface area contributed by atoms with Gasteiger partial charge in [0.15, 0.2) is 0 Å². The zero-order valence-corrected chi connectivity index (χ0v) is 13.1. The number of rotatable bonds is 8. The van der Waals surface area contributed by atoms with E-state index < -0.39 is 6.10 Å². The Morgan fingerprint density at radius 1 is 1.05 bits per heavy atom. The van der Waals surface area contributed by atoms with Gasteiger partial charge in [-0.3, -0.25) is 0 Å². The molecule has 0 aliphatic heterocycles. The van der Waals surface area contributed by atoms with Gasteiger partial charge in [-0.05, 0) is 17.0 Å². The van der Waals surface area contributed by atoms with Crippen molar-refractivity contribution in [2.45, 2.75) is 19.6 Å². The molecule has 0 aliphatic carbocycles. The summed E-state index contributed by atoms with van der Waals surface area (Å²) >= 11 is 0. The minimum Gasteiger partial charge on any atom is -0.388 e. The number of benzene rings is 2. The monoisotopic (exact) mass is 296 g/mol. The van der Waals surface area contributed by atoms with Gasteiger partial charge in [-0.2, -0.15) is 0 Å². The zero-order valence-electron chi connectivity index (χ0n) is 13.1. The second-order valence-corrected chi connectivity index (χ2v) is 5.65. The van der Waals surface area contributed by atoms with Crippen molar-refractivity contribution in [3.8, 4) is 0 Å². The molecule has 116 valence electrons. The van der Waals surface area contributed by atoms with Crippen LogP contribution in [0.1, 0.15) is 24.2 Å². The maximum Gasteiger partial charge on any atom is 0.0855 e. The lowest BCUT2D eigenvalue weighted by Crippen LogP contribution is -2.22. The predicted octanol–water partition coefficient (Wildman–Crippen LogP) is 4.38. The molecule has 2 heteroatoms. The van der Waals surface area contributed by atoms with Crippen molar-refractivity contribution in [3.05, 3.63) is 84.4 Å². The van der Waals surface area contributed by atoms with Gasteiger partial charge >= 0.3 is 0 Å². The topological polar surface area (TPSA) is 29.5 Å². The highest BCUT2D eigenvalue weighted by Gasteiger charge is 2.23. The van der Waals surface area contributed by atoms with Crippen LogP contribution in [0.3, 0.4) is 0 Å². The van der Waals surface area contributed by atoms with Gasteiger partial charge in [0.05, 0.1) is 19.3 Å². The molecule has 2 nitrogen and oxygen atoms in total. The summed E-state index contributed by atoms with van der Waals surface area (Å²) in [7, 11) is 0. The fourth-order valence-electron chi connectivity index (χ4n) is 2.59. The van der Waals surface area contributed by atoms with E-state index in [2.05, 4.69) is 25.6 Å². The van der Waals surface area contributed by atoms with E-state index in [0.717, 1.165) is 11.1 Å². The maximum absolute atomic E-state index is 10.5. The molecule has 22 heavy (non-hydrogen) atoms. The largest absolute Gasteiger partial charge is 0.388 e. The molecule has 0 amide bonds. The third kappa shape index (κ3) is 4.55. The van der Waals surface area contributed by atoms with Crippen LogP contribution < -0.4 is 0 Å². The van der Waals surface area contributed by atoms with Crippen LogP contribution >= 0.6 is 0 Å². The smallest absolute Gasteiger partial charge is 0.0855 e. The molecule has 0 radical (unpaired) electrons. The molecule has 0 aliphatic rings. The van der Waals surface area contributed by atoms with E-state index in [1.54, 1.807) is 0 Å². The first kappa shape index (κ1) is 16.5. The molecular formula is C20H24O2. The molecule has 0 saturated heterocycles. The van der Waals surface area contributed by atoms with Crippen LogP contribution in [0, 0.1) is 11.8 Å². The Morgan fingerprint density at radius 3 is 2.23 bits per heavy atom. The second-order valence-electron chi connectivity index (χ2n) is 5.65. The minimum atomic E-state index is -0.547. The van der Waals surface area contributed by atoms with E-state index in [9.17, 15) is 5.11 Å². The summed E-state index contributed by atoms with van der Waals surface area (Å²) in [6.07, 6.45) is 1.28. The lowest BCUT2D eigenvalue weighted by Gasteiger charge is -2.26. The van der Waals surface area contributed by atoms with Crippen LogP contribution in [-0.2, 0) is 11.3 Å². The average Bonchev–Trinajstić information content (AvgIpc) is 2.57. The normalized spacial score (nSPS) is 15.0. The third-order valence-electron chi connectivity index (χ3n) is 3.93. The van der Waals surface area contributed by atoms with E-state index in [1.165, 1.54) is 0 Å². The molecule has 2 aromatic carbocycles. The number of ether oxygens (including phenoxy) is 1. The number of aliphatic hydroxyl groups is 1. The van der Waals surface area contributed by atoms with E-state index in [-0.39, 0.29) is 11.8 Å². The summed E-state index contributed by atoms with van der Waals surface area (Å²) in [5.41, 5.74) is 2.08. The molecular weight excluding hydrogens is 272 g/mol. The predicted molar refractivity (Wildman–Crippen MR) is 90.4 cm³/mol. The van der Waals surface area contributed by atoms with Gasteiger partial charge < -0.3 is 9.84 Å². The summed E-state index contributed by atoms with van der Waals surface area (Å²) in [5, 5.41) is 10.5. The summed E-state index contributed by atoms with van der Waals surface area (Å²) < 4.78 is 5.79. The van der Waals surface area contributed by atoms with Gasteiger partial charge in [-0.25, -0.2) is 0 Å². The van der Waals surface area contributed by atoms with Gasteiger partial charge in [-0.1, -0.05) is 73.7 Å². The van der Waals surface area contributed by atoms with E-state index in [1.807, 2.05) is 54.6 Å². The van der Waals surface area contributed by atoms with Crippen LogP contribution in [-0.4, -0.2) is 11.7 Å². The minimum absolute atomic E-state index is 0.0295. The number of aliphatic hydroxyl groups excluding tert-OH is 1. The maximum atomic E-state index is 10.5. The first-order valence-corrected chi connectivity index (χ1v) is 7.69. The first-order chi connectivity index (χ1) is 10.7. The Labute approximate surface area is 133 Å². The molecule has 0 spiro atoms. The van der Waals surface area contributed by atoms with Gasteiger partial charge in [0.2, 0.25) is 0 Å². The van der Waals surface area contributed by atoms with Crippen molar-refractivity contribution in [2.75, 3.05) is 6.61 Å². The molecule has 3 atom stereocenters. The molecule has 0 saturated carbocycles. The molecule has 2 rings (SSSR count). The fourth-order valence-corrected chi connectivity index (χ4v) is 2.59. The van der Waals surface area contributed by atoms with Gasteiger partial charge in [0.25, 0.3) is 0 Å². The third-order valence-corrected chi connectivity index (χ3v) is 3.93. The Morgan fingerprint density at radius 2 is 1.64 bits per heavy atom. The SMILES string of the molecule is C=C[C@@H]([C@H](C)COCc1ccccc1)[C@@H](O)c1ccccc1. The fraction of sp³-hybridized carbons (Fsp3) is 0.300. The van der Waals surface area contributed by atoms with Crippen molar-refractivity contribution in [3.63, 3.8) is 0 Å². The van der Waals surface area contributed by atoms with Gasteiger partial charge in [-0.15, -0.1) is 6.58 Å². The van der Waals surface area contributed by atoms with E-state index in [0.29, 0.717) is 13.2 Å². The number of hydrogen-bond acceptors (Lipinski definition) is 2. The lowest BCUT2D eigenvalue weighted by atomic mass is 9.86. The average molecular weight is 296 g/mol. The van der Waals surface area contributed by atoms with Crippen molar-refractivity contribution in [1.29, 1.82) is 0 Å². The first-order valence-electron chi connectivity index (χ1n) is 7.69. The van der Waals surface area contributed by atoms with Crippen molar-refractivity contribution >= 4 is 0 Å². The van der Waals surface area contributed by atoms with Crippen LogP contribution in [0.25, 0.3) is 0 Å². The van der Waals surface area contributed by atoms with Crippen LogP contribution in [0.4, 0.5) is 0 Å². The Hall–Kier alpha value is -1.90. The summed E-state index contributed by atoms with van der Waals surface area (Å²) in [6, 6.07) is 19.8. The van der Waals surface area contributed by atoms with Crippen molar-refractivity contribution in [2.24, 2.45) is 11.8 Å². The molecule has 0 aromatic heterocycles. The van der Waals surface area contributed by atoms with Crippen molar-refractivity contribution < 1.29 is 9.84 Å². The molecule has 0 heterocycles. The Kier molecular flexibility index (Phi) is 6.38. The van der Waals surface area contributed by atoms with Gasteiger partial charge in [0, 0.05) is 5.92 Å². The van der Waals surface area contributed by atoms with Crippen molar-refractivity contribution in [1.82, 2.24) is 0 Å². The highest BCUT2D eigenvalue weighted by molar-refractivity contribution is 5.19. The molecule has 2 aromatic rings. The highest BCUT2D eigenvalue weighted by atomic mass is 16.5.